The van der Waals surface area contributed by atoms with E-state index in [1.165, 1.54) is 34.7 Å². The fourth-order valence-electron chi connectivity index (χ4n) is 4.49. The van der Waals surface area contributed by atoms with E-state index in [2.05, 4.69) is 65.4 Å². The maximum absolute atomic E-state index is 12.9. The molecule has 1 fully saturated rings. The molecule has 0 aliphatic carbocycles. The molecule has 28 heavy (non-hydrogen) atoms. The van der Waals surface area contributed by atoms with Gasteiger partial charge in [-0.25, -0.2) is 0 Å². The summed E-state index contributed by atoms with van der Waals surface area (Å²) in [7, 11) is 0. The molecule has 1 aliphatic heterocycles. The number of aryl methyl sites for hydroxylation is 3. The normalized spacial score (nSPS) is 17.6. The number of hydrogen-bond donors (Lipinski definition) is 0. The van der Waals surface area contributed by atoms with Gasteiger partial charge >= 0.3 is 0 Å². The van der Waals surface area contributed by atoms with E-state index in [4.69, 9.17) is 0 Å². The SMILES string of the molecule is CC[C@@H]1CCCCN1C(=O)CSc1nnc2c(C)cc3cc(C)cc(C)c3n12. The summed E-state index contributed by atoms with van der Waals surface area (Å²) in [6.07, 6.45) is 4.51. The molecule has 3 aromatic rings. The number of carbonyl (C=O) groups excluding carboxylic acids is 1. The van der Waals surface area contributed by atoms with Gasteiger partial charge in [-0.15, -0.1) is 10.2 Å². The number of nitrogens with zero attached hydrogens (tertiary/aromatic N) is 4. The molecule has 6 heteroatoms. The zero-order valence-electron chi connectivity index (χ0n) is 17.2. The summed E-state index contributed by atoms with van der Waals surface area (Å²) in [5.41, 5.74) is 5.56. The lowest BCUT2D eigenvalue weighted by atomic mass is 10.0. The standard InChI is InChI=1S/C22H28N4OS/c1-5-18-8-6-7-9-25(18)19(27)13-28-22-24-23-21-16(4)12-17-11-14(2)10-15(3)20(17)26(21)22/h10-12,18H,5-9,13H2,1-4H3/t18-/m1/s1. The first-order valence-corrected chi connectivity index (χ1v) is 11.2. The number of likely N-dealkylation sites (tertiary alicyclic amines) is 1. The predicted molar refractivity (Wildman–Crippen MR) is 115 cm³/mol. The van der Waals surface area contributed by atoms with E-state index in [0.29, 0.717) is 11.8 Å². The Morgan fingerprint density at radius 1 is 1.14 bits per heavy atom. The van der Waals surface area contributed by atoms with Gasteiger partial charge in [0.25, 0.3) is 0 Å². The van der Waals surface area contributed by atoms with Crippen molar-refractivity contribution in [3.05, 3.63) is 34.9 Å². The smallest absolute Gasteiger partial charge is 0.233 e. The molecule has 2 aromatic heterocycles. The molecule has 5 nitrogen and oxygen atoms in total. The summed E-state index contributed by atoms with van der Waals surface area (Å²) in [5.74, 6) is 0.635. The monoisotopic (exact) mass is 396 g/mol. The summed E-state index contributed by atoms with van der Waals surface area (Å²) >= 11 is 1.51. The Bertz CT molecular complexity index is 1040. The maximum atomic E-state index is 12.9. The molecule has 0 bridgehead atoms. The van der Waals surface area contributed by atoms with Crippen molar-refractivity contribution in [2.24, 2.45) is 0 Å². The van der Waals surface area contributed by atoms with Gasteiger partial charge in [0.15, 0.2) is 10.8 Å². The molecular weight excluding hydrogens is 368 g/mol. The Hall–Kier alpha value is -2.08. The zero-order chi connectivity index (χ0) is 19.8. The van der Waals surface area contributed by atoms with Crippen molar-refractivity contribution >= 4 is 34.2 Å². The molecule has 0 spiro atoms. The van der Waals surface area contributed by atoms with Crippen LogP contribution in [0.4, 0.5) is 0 Å². The van der Waals surface area contributed by atoms with E-state index in [1.807, 2.05) is 0 Å². The number of benzene rings is 1. The van der Waals surface area contributed by atoms with Gasteiger partial charge in [0, 0.05) is 12.6 Å². The highest BCUT2D eigenvalue weighted by Crippen LogP contribution is 2.29. The van der Waals surface area contributed by atoms with Crippen molar-refractivity contribution in [2.75, 3.05) is 12.3 Å². The highest BCUT2D eigenvalue weighted by Gasteiger charge is 2.25. The highest BCUT2D eigenvalue weighted by molar-refractivity contribution is 7.99. The minimum atomic E-state index is 0.220. The number of amides is 1. The topological polar surface area (TPSA) is 50.5 Å². The molecule has 1 saturated heterocycles. The lowest BCUT2D eigenvalue weighted by molar-refractivity contribution is -0.132. The summed E-state index contributed by atoms with van der Waals surface area (Å²) in [4.78, 5) is 15.0. The third kappa shape index (κ3) is 3.39. The second kappa shape index (κ2) is 7.74. The zero-order valence-corrected chi connectivity index (χ0v) is 18.0. The van der Waals surface area contributed by atoms with Crippen LogP contribution in [-0.4, -0.2) is 43.7 Å². The van der Waals surface area contributed by atoms with Gasteiger partial charge in [0.05, 0.1) is 11.3 Å². The molecule has 0 N–H and O–H groups in total. The van der Waals surface area contributed by atoms with E-state index in [-0.39, 0.29) is 5.91 Å². The van der Waals surface area contributed by atoms with Gasteiger partial charge in [0.2, 0.25) is 5.91 Å². The van der Waals surface area contributed by atoms with Gasteiger partial charge in [-0.05, 0) is 75.1 Å². The van der Waals surface area contributed by atoms with Crippen LogP contribution >= 0.6 is 11.8 Å². The van der Waals surface area contributed by atoms with Crippen LogP contribution in [0.5, 0.6) is 0 Å². The van der Waals surface area contributed by atoms with Crippen molar-refractivity contribution in [3.8, 4) is 0 Å². The van der Waals surface area contributed by atoms with Crippen LogP contribution < -0.4 is 0 Å². The molecule has 1 aliphatic rings. The lowest BCUT2D eigenvalue weighted by Gasteiger charge is -2.35. The van der Waals surface area contributed by atoms with Gasteiger partial charge in [-0.1, -0.05) is 30.3 Å². The summed E-state index contributed by atoms with van der Waals surface area (Å²) in [6, 6.07) is 6.97. The van der Waals surface area contributed by atoms with Crippen LogP contribution in [0, 0.1) is 20.8 Å². The fraction of sp³-hybridized carbons (Fsp3) is 0.500. The largest absolute Gasteiger partial charge is 0.339 e. The van der Waals surface area contributed by atoms with Crippen LogP contribution in [0.25, 0.3) is 16.6 Å². The molecule has 148 valence electrons. The molecule has 0 unspecified atom stereocenters. The highest BCUT2D eigenvalue weighted by atomic mass is 32.2. The van der Waals surface area contributed by atoms with Gasteiger partial charge in [0.1, 0.15) is 0 Å². The summed E-state index contributed by atoms with van der Waals surface area (Å²) in [5, 5.41) is 10.8. The quantitative estimate of drug-likeness (QED) is 0.600. The maximum Gasteiger partial charge on any atom is 0.233 e. The Balaban J connectivity index is 1.67. The Kier molecular flexibility index (Phi) is 5.32. The average Bonchev–Trinajstić information content (AvgIpc) is 3.10. The molecule has 4 rings (SSSR count). The third-order valence-electron chi connectivity index (χ3n) is 5.80. The van der Waals surface area contributed by atoms with Crippen molar-refractivity contribution in [1.82, 2.24) is 19.5 Å². The average molecular weight is 397 g/mol. The van der Waals surface area contributed by atoms with Crippen molar-refractivity contribution in [3.63, 3.8) is 0 Å². The van der Waals surface area contributed by atoms with Crippen LogP contribution in [0.2, 0.25) is 0 Å². The number of thioether (sulfide) groups is 1. The third-order valence-corrected chi connectivity index (χ3v) is 6.71. The van der Waals surface area contributed by atoms with E-state index in [1.54, 1.807) is 0 Å². The summed E-state index contributed by atoms with van der Waals surface area (Å²) in [6.45, 7) is 9.38. The predicted octanol–water partition coefficient (Wildman–Crippen LogP) is 4.69. The summed E-state index contributed by atoms with van der Waals surface area (Å²) < 4.78 is 2.13. The molecule has 1 atom stereocenters. The van der Waals surface area contributed by atoms with E-state index >= 15 is 0 Å². The van der Waals surface area contributed by atoms with Crippen LogP contribution in [0.15, 0.2) is 23.4 Å². The van der Waals surface area contributed by atoms with Crippen LogP contribution in [0.1, 0.15) is 49.3 Å². The van der Waals surface area contributed by atoms with Gasteiger partial charge < -0.3 is 4.90 Å². The molecule has 0 saturated carbocycles. The minimum Gasteiger partial charge on any atom is -0.339 e. The van der Waals surface area contributed by atoms with Crippen molar-refractivity contribution in [2.45, 2.75) is 64.6 Å². The Labute approximate surface area is 170 Å². The minimum absolute atomic E-state index is 0.220. The molecule has 3 heterocycles. The Morgan fingerprint density at radius 2 is 1.96 bits per heavy atom. The van der Waals surface area contributed by atoms with E-state index in [0.717, 1.165) is 47.7 Å². The first kappa shape index (κ1) is 19.2. The number of aromatic nitrogens is 3. The number of hydrogen-bond acceptors (Lipinski definition) is 4. The lowest BCUT2D eigenvalue weighted by Crippen LogP contribution is -2.44. The van der Waals surface area contributed by atoms with Gasteiger partial charge in [-0.2, -0.15) is 0 Å². The number of rotatable bonds is 4. The number of pyridine rings is 1. The number of carbonyl (C=O) groups is 1. The first-order chi connectivity index (χ1) is 13.5. The number of piperidine rings is 1. The van der Waals surface area contributed by atoms with Crippen molar-refractivity contribution in [1.29, 1.82) is 0 Å². The van der Waals surface area contributed by atoms with Crippen LogP contribution in [-0.2, 0) is 4.79 Å². The second-order valence-electron chi connectivity index (χ2n) is 7.92. The molecule has 0 radical (unpaired) electrons. The second-order valence-corrected chi connectivity index (χ2v) is 8.86. The number of fused-ring (bicyclic) bond motifs is 3. The van der Waals surface area contributed by atoms with Gasteiger partial charge in [-0.3, -0.25) is 9.20 Å². The van der Waals surface area contributed by atoms with E-state index < -0.39 is 0 Å². The fourth-order valence-corrected chi connectivity index (χ4v) is 5.31. The molecular formula is C22H28N4OS. The molecule has 1 aromatic carbocycles. The van der Waals surface area contributed by atoms with Crippen molar-refractivity contribution < 1.29 is 4.79 Å². The Morgan fingerprint density at radius 3 is 2.75 bits per heavy atom. The van der Waals surface area contributed by atoms with Crippen LogP contribution in [0.3, 0.4) is 0 Å². The first-order valence-electron chi connectivity index (χ1n) is 10.2. The van der Waals surface area contributed by atoms with E-state index in [9.17, 15) is 4.79 Å². The molecule has 1 amide bonds.